The quantitative estimate of drug-likeness (QED) is 0.707. The van der Waals surface area contributed by atoms with Gasteiger partial charge >= 0.3 is 0 Å². The highest BCUT2D eigenvalue weighted by atomic mass is 32.2. The molecule has 2 aliphatic rings. The predicted octanol–water partition coefficient (Wildman–Crippen LogP) is 3.64. The Labute approximate surface area is 182 Å². The number of hydrogen-bond acceptors (Lipinski definition) is 4. The minimum absolute atomic E-state index is 0.00971. The van der Waals surface area contributed by atoms with Crippen LogP contribution < -0.4 is 4.90 Å². The topological polar surface area (TPSA) is 43.9 Å². The van der Waals surface area contributed by atoms with Gasteiger partial charge in [-0.15, -0.1) is 0 Å². The van der Waals surface area contributed by atoms with E-state index in [0.29, 0.717) is 4.91 Å². The summed E-state index contributed by atoms with van der Waals surface area (Å²) in [4.78, 5) is 33.8. The summed E-state index contributed by atoms with van der Waals surface area (Å²) in [6.45, 7) is 8.48. The number of piperazine rings is 1. The number of amides is 2. The number of para-hydroxylation sites is 1. The molecule has 156 valence electrons. The molecule has 2 aromatic carbocycles. The van der Waals surface area contributed by atoms with Gasteiger partial charge in [0, 0.05) is 31.1 Å². The first-order valence-corrected chi connectivity index (χ1v) is 11.2. The molecule has 30 heavy (non-hydrogen) atoms. The number of likely N-dealkylation sites (N-methyl/N-ethyl adjacent to an activating group) is 1. The number of aryl methyl sites for hydroxylation is 1. The molecule has 0 unspecified atom stereocenters. The first-order valence-electron chi connectivity index (χ1n) is 10.4. The van der Waals surface area contributed by atoms with Crippen molar-refractivity contribution < 1.29 is 9.59 Å². The molecule has 0 atom stereocenters. The standard InChI is InChI=1S/C24H27N3O2S/c1-3-25-12-14-26(15-13-25)23(28)17-27-20-6-4-5-7-21(20)30-22(24(27)29)16-19-10-8-18(2)9-11-19/h4-11,16H,3,12-15,17H2,1-2H3/b22-16+. The fourth-order valence-electron chi connectivity index (χ4n) is 3.78. The Kier molecular flexibility index (Phi) is 6.25. The minimum Gasteiger partial charge on any atom is -0.339 e. The van der Waals surface area contributed by atoms with Crippen LogP contribution in [-0.2, 0) is 9.59 Å². The van der Waals surface area contributed by atoms with Crippen molar-refractivity contribution in [3.05, 3.63) is 64.6 Å². The van der Waals surface area contributed by atoms with Crippen molar-refractivity contribution in [3.8, 4) is 0 Å². The Balaban J connectivity index is 1.57. The number of thioether (sulfide) groups is 1. The zero-order valence-corrected chi connectivity index (χ0v) is 18.3. The van der Waals surface area contributed by atoms with Crippen LogP contribution in [0.5, 0.6) is 0 Å². The second-order valence-electron chi connectivity index (χ2n) is 7.70. The monoisotopic (exact) mass is 421 g/mol. The maximum atomic E-state index is 13.3. The normalized spacial score (nSPS) is 18.6. The van der Waals surface area contributed by atoms with Gasteiger partial charge in [-0.2, -0.15) is 0 Å². The number of carbonyl (C=O) groups is 2. The van der Waals surface area contributed by atoms with Crippen LogP contribution in [0.25, 0.3) is 6.08 Å². The molecule has 5 nitrogen and oxygen atoms in total. The summed E-state index contributed by atoms with van der Waals surface area (Å²) in [5, 5.41) is 0. The molecule has 0 radical (unpaired) electrons. The molecule has 2 aromatic rings. The summed E-state index contributed by atoms with van der Waals surface area (Å²) in [6, 6.07) is 15.9. The van der Waals surface area contributed by atoms with Gasteiger partial charge in [-0.25, -0.2) is 0 Å². The third kappa shape index (κ3) is 4.45. The highest BCUT2D eigenvalue weighted by Gasteiger charge is 2.32. The van der Waals surface area contributed by atoms with E-state index >= 15 is 0 Å². The highest BCUT2D eigenvalue weighted by Crippen LogP contribution is 2.42. The summed E-state index contributed by atoms with van der Waals surface area (Å²) >= 11 is 1.47. The van der Waals surface area contributed by atoms with Crippen molar-refractivity contribution in [1.82, 2.24) is 9.80 Å². The summed E-state index contributed by atoms with van der Waals surface area (Å²) in [5.41, 5.74) is 2.98. The summed E-state index contributed by atoms with van der Waals surface area (Å²) in [6.07, 6.45) is 1.92. The number of carbonyl (C=O) groups excluding carboxylic acids is 2. The Bertz CT molecular complexity index is 963. The van der Waals surface area contributed by atoms with Crippen LogP contribution in [0.3, 0.4) is 0 Å². The Morgan fingerprint density at radius 1 is 1.03 bits per heavy atom. The molecule has 2 heterocycles. The zero-order valence-electron chi connectivity index (χ0n) is 17.5. The zero-order chi connectivity index (χ0) is 21.1. The second-order valence-corrected chi connectivity index (χ2v) is 8.78. The number of nitrogens with zero attached hydrogens (tertiary/aromatic N) is 3. The highest BCUT2D eigenvalue weighted by molar-refractivity contribution is 8.04. The maximum absolute atomic E-state index is 13.3. The van der Waals surface area contributed by atoms with Gasteiger partial charge in [-0.05, 0) is 37.2 Å². The number of rotatable bonds is 4. The second kappa shape index (κ2) is 9.06. The van der Waals surface area contributed by atoms with Crippen LogP contribution in [0.15, 0.2) is 58.3 Å². The molecule has 0 bridgehead atoms. The van der Waals surface area contributed by atoms with Crippen molar-refractivity contribution in [1.29, 1.82) is 0 Å². The van der Waals surface area contributed by atoms with E-state index in [4.69, 9.17) is 0 Å². The smallest absolute Gasteiger partial charge is 0.265 e. The lowest BCUT2D eigenvalue weighted by Gasteiger charge is -2.36. The van der Waals surface area contributed by atoms with Crippen molar-refractivity contribution >= 4 is 35.3 Å². The molecule has 2 amide bonds. The molecule has 4 rings (SSSR count). The first kappa shape index (κ1) is 20.7. The van der Waals surface area contributed by atoms with E-state index in [1.165, 1.54) is 17.3 Å². The van der Waals surface area contributed by atoms with E-state index in [0.717, 1.165) is 48.9 Å². The largest absolute Gasteiger partial charge is 0.339 e. The molecule has 0 aromatic heterocycles. The maximum Gasteiger partial charge on any atom is 0.265 e. The molecule has 0 spiro atoms. The Morgan fingerprint density at radius 2 is 1.73 bits per heavy atom. The van der Waals surface area contributed by atoms with E-state index in [-0.39, 0.29) is 18.4 Å². The predicted molar refractivity (Wildman–Crippen MR) is 123 cm³/mol. The number of benzene rings is 2. The lowest BCUT2D eigenvalue weighted by atomic mass is 10.1. The fourth-order valence-corrected chi connectivity index (χ4v) is 4.84. The minimum atomic E-state index is -0.111. The third-order valence-electron chi connectivity index (χ3n) is 5.67. The Hall–Kier alpha value is -2.57. The molecule has 6 heteroatoms. The molecule has 1 saturated heterocycles. The van der Waals surface area contributed by atoms with Gasteiger partial charge in [0.2, 0.25) is 5.91 Å². The number of fused-ring (bicyclic) bond motifs is 1. The fraction of sp³-hybridized carbons (Fsp3) is 0.333. The van der Waals surface area contributed by atoms with Crippen LogP contribution >= 0.6 is 11.8 Å². The van der Waals surface area contributed by atoms with Gasteiger partial charge in [-0.3, -0.25) is 14.5 Å². The molecule has 0 saturated carbocycles. The van der Waals surface area contributed by atoms with Gasteiger partial charge in [0.25, 0.3) is 5.91 Å². The van der Waals surface area contributed by atoms with Crippen molar-refractivity contribution in [2.75, 3.05) is 44.2 Å². The van der Waals surface area contributed by atoms with Crippen LogP contribution in [-0.4, -0.2) is 60.9 Å². The van der Waals surface area contributed by atoms with Crippen molar-refractivity contribution in [3.63, 3.8) is 0 Å². The van der Waals surface area contributed by atoms with Gasteiger partial charge < -0.3 is 9.80 Å². The summed E-state index contributed by atoms with van der Waals surface area (Å²) < 4.78 is 0. The molecule has 0 aliphatic carbocycles. The first-order chi connectivity index (χ1) is 14.5. The number of hydrogen-bond donors (Lipinski definition) is 0. The van der Waals surface area contributed by atoms with Crippen LogP contribution in [0.1, 0.15) is 18.1 Å². The van der Waals surface area contributed by atoms with E-state index in [2.05, 4.69) is 11.8 Å². The van der Waals surface area contributed by atoms with E-state index in [1.54, 1.807) is 4.90 Å². The van der Waals surface area contributed by atoms with E-state index < -0.39 is 0 Å². The van der Waals surface area contributed by atoms with Crippen LogP contribution in [0.2, 0.25) is 0 Å². The van der Waals surface area contributed by atoms with Gasteiger partial charge in [0.1, 0.15) is 6.54 Å². The van der Waals surface area contributed by atoms with E-state index in [1.807, 2.05) is 66.4 Å². The molecular weight excluding hydrogens is 394 g/mol. The average molecular weight is 422 g/mol. The van der Waals surface area contributed by atoms with Crippen LogP contribution in [0, 0.1) is 6.92 Å². The van der Waals surface area contributed by atoms with Crippen molar-refractivity contribution in [2.45, 2.75) is 18.7 Å². The average Bonchev–Trinajstić information content (AvgIpc) is 2.78. The Morgan fingerprint density at radius 3 is 2.43 bits per heavy atom. The number of anilines is 1. The van der Waals surface area contributed by atoms with Gasteiger partial charge in [0.15, 0.2) is 0 Å². The lowest BCUT2D eigenvalue weighted by molar-refractivity contribution is -0.132. The SMILES string of the molecule is CCN1CCN(C(=O)CN2C(=O)/C(=C\c3ccc(C)cc3)Sc3ccccc32)CC1. The molecule has 2 aliphatic heterocycles. The van der Waals surface area contributed by atoms with Gasteiger partial charge in [0.05, 0.1) is 10.6 Å². The van der Waals surface area contributed by atoms with Crippen molar-refractivity contribution in [2.24, 2.45) is 0 Å². The summed E-state index contributed by atoms with van der Waals surface area (Å²) in [7, 11) is 0. The lowest BCUT2D eigenvalue weighted by Crippen LogP contribution is -2.52. The molecule has 1 fully saturated rings. The van der Waals surface area contributed by atoms with Crippen LogP contribution in [0.4, 0.5) is 5.69 Å². The molecule has 0 N–H and O–H groups in total. The molecular formula is C24H27N3O2S. The van der Waals surface area contributed by atoms with Gasteiger partial charge in [-0.1, -0.05) is 60.6 Å². The van der Waals surface area contributed by atoms with E-state index in [9.17, 15) is 9.59 Å². The third-order valence-corrected chi connectivity index (χ3v) is 6.75. The summed E-state index contributed by atoms with van der Waals surface area (Å²) in [5.74, 6) is -0.102.